The minimum Gasteiger partial charge on any atom is -0.383 e. The molecule has 110 valence electrons. The molecule has 2 rings (SSSR count). The number of thioether (sulfide) groups is 1. The number of hydrogen-bond donors (Lipinski definition) is 1. The summed E-state index contributed by atoms with van der Waals surface area (Å²) in [6, 6.07) is 5.44. The maximum atomic E-state index is 11.1. The van der Waals surface area contributed by atoms with Crippen LogP contribution in [0.5, 0.6) is 0 Å². The summed E-state index contributed by atoms with van der Waals surface area (Å²) in [6.07, 6.45) is 0. The minimum absolute atomic E-state index is 0.149. The number of nitrogens with zero attached hydrogens (tertiary/aromatic N) is 2. The summed E-state index contributed by atoms with van der Waals surface area (Å²) in [7, 11) is 1.70. The molecular formula is C14H21N3O2S. The Hall–Kier alpha value is -1.27. The van der Waals surface area contributed by atoms with Crippen LogP contribution in [0, 0.1) is 10.1 Å². The van der Waals surface area contributed by atoms with Crippen molar-refractivity contribution in [2.24, 2.45) is 0 Å². The van der Waals surface area contributed by atoms with Gasteiger partial charge in [0, 0.05) is 43.2 Å². The van der Waals surface area contributed by atoms with E-state index in [0.29, 0.717) is 5.69 Å². The van der Waals surface area contributed by atoms with Crippen molar-refractivity contribution in [3.63, 3.8) is 0 Å². The molecule has 1 aliphatic heterocycles. The molecule has 1 aromatic rings. The maximum absolute atomic E-state index is 11.1. The first-order valence-corrected chi connectivity index (χ1v) is 7.71. The van der Waals surface area contributed by atoms with Crippen molar-refractivity contribution < 1.29 is 4.92 Å². The number of nitro benzene ring substituents is 1. The van der Waals surface area contributed by atoms with Gasteiger partial charge >= 0.3 is 0 Å². The molecule has 0 radical (unpaired) electrons. The Bertz CT molecular complexity index is 505. The van der Waals surface area contributed by atoms with Gasteiger partial charge in [0.1, 0.15) is 5.69 Å². The number of hydrogen-bond acceptors (Lipinski definition) is 5. The third kappa shape index (κ3) is 3.64. The summed E-state index contributed by atoms with van der Waals surface area (Å²) in [5.74, 6) is 1.11. The maximum Gasteiger partial charge on any atom is 0.292 e. The number of anilines is 1. The van der Waals surface area contributed by atoms with Crippen molar-refractivity contribution in [2.45, 2.75) is 25.1 Å². The highest BCUT2D eigenvalue weighted by Gasteiger charge is 2.27. The fraction of sp³-hybridized carbons (Fsp3) is 0.571. The van der Waals surface area contributed by atoms with Crippen molar-refractivity contribution in [1.82, 2.24) is 4.90 Å². The number of benzene rings is 1. The Labute approximate surface area is 123 Å². The smallest absolute Gasteiger partial charge is 0.292 e. The summed E-state index contributed by atoms with van der Waals surface area (Å²) < 4.78 is 0.259. The molecule has 0 saturated carbocycles. The van der Waals surface area contributed by atoms with Crippen LogP contribution >= 0.6 is 11.8 Å². The fourth-order valence-corrected chi connectivity index (χ4v) is 3.72. The Morgan fingerprint density at radius 3 is 2.85 bits per heavy atom. The van der Waals surface area contributed by atoms with Gasteiger partial charge in [-0.05, 0) is 25.5 Å². The van der Waals surface area contributed by atoms with Crippen LogP contribution in [0.25, 0.3) is 0 Å². The molecule has 20 heavy (non-hydrogen) atoms. The quantitative estimate of drug-likeness (QED) is 0.683. The van der Waals surface area contributed by atoms with Gasteiger partial charge in [0.2, 0.25) is 0 Å². The highest BCUT2D eigenvalue weighted by atomic mass is 32.2. The second-order valence-electron chi connectivity index (χ2n) is 5.68. The van der Waals surface area contributed by atoms with E-state index in [2.05, 4.69) is 24.1 Å². The van der Waals surface area contributed by atoms with Crippen LogP contribution in [0.15, 0.2) is 18.2 Å². The van der Waals surface area contributed by atoms with Gasteiger partial charge in [-0.1, -0.05) is 6.07 Å². The summed E-state index contributed by atoms with van der Waals surface area (Å²) in [5.41, 5.74) is 1.71. The number of nitrogens with one attached hydrogen (secondary N) is 1. The van der Waals surface area contributed by atoms with Crippen LogP contribution in [0.4, 0.5) is 11.4 Å². The van der Waals surface area contributed by atoms with Gasteiger partial charge in [-0.25, -0.2) is 0 Å². The highest BCUT2D eigenvalue weighted by molar-refractivity contribution is 8.00. The van der Waals surface area contributed by atoms with Crippen molar-refractivity contribution >= 4 is 23.1 Å². The molecule has 1 aliphatic rings. The van der Waals surface area contributed by atoms with Gasteiger partial charge in [-0.3, -0.25) is 15.0 Å². The van der Waals surface area contributed by atoms with Gasteiger partial charge in [-0.2, -0.15) is 11.8 Å². The van der Waals surface area contributed by atoms with E-state index in [4.69, 9.17) is 0 Å². The van der Waals surface area contributed by atoms with Crippen LogP contribution in [0.2, 0.25) is 0 Å². The van der Waals surface area contributed by atoms with E-state index in [1.807, 2.05) is 17.8 Å². The molecule has 0 unspecified atom stereocenters. The lowest BCUT2D eigenvalue weighted by atomic mass is 10.1. The summed E-state index contributed by atoms with van der Waals surface area (Å²) in [6.45, 7) is 7.32. The molecule has 1 fully saturated rings. The predicted octanol–water partition coefficient (Wildman–Crippen LogP) is 2.96. The van der Waals surface area contributed by atoms with Crippen molar-refractivity contribution in [1.29, 1.82) is 0 Å². The van der Waals surface area contributed by atoms with Gasteiger partial charge in [0.25, 0.3) is 5.69 Å². The molecule has 1 aromatic carbocycles. The van der Waals surface area contributed by atoms with Gasteiger partial charge < -0.3 is 5.32 Å². The molecule has 0 aliphatic carbocycles. The van der Waals surface area contributed by atoms with E-state index in [1.54, 1.807) is 19.2 Å². The lowest BCUT2D eigenvalue weighted by Gasteiger charge is -2.37. The predicted molar refractivity (Wildman–Crippen MR) is 84.5 cm³/mol. The summed E-state index contributed by atoms with van der Waals surface area (Å²) >= 11 is 1.99. The SMILES string of the molecule is CNc1ccc(CN2CCSC(C)(C)C2)cc1[N+](=O)[O-]. The van der Waals surface area contributed by atoms with Crippen molar-refractivity contribution in [2.75, 3.05) is 31.2 Å². The average molecular weight is 295 g/mol. The molecule has 1 N–H and O–H groups in total. The number of rotatable bonds is 4. The van der Waals surface area contributed by atoms with Crippen molar-refractivity contribution in [3.8, 4) is 0 Å². The van der Waals surface area contributed by atoms with Gasteiger partial charge in [0.05, 0.1) is 4.92 Å². The van der Waals surface area contributed by atoms with Gasteiger partial charge in [-0.15, -0.1) is 0 Å². The Morgan fingerprint density at radius 2 is 2.25 bits per heavy atom. The highest BCUT2D eigenvalue weighted by Crippen LogP contribution is 2.31. The van der Waals surface area contributed by atoms with Crippen LogP contribution in [-0.2, 0) is 6.54 Å². The zero-order valence-corrected chi connectivity index (χ0v) is 13.0. The van der Waals surface area contributed by atoms with Crippen LogP contribution in [0.3, 0.4) is 0 Å². The second kappa shape index (κ2) is 6.01. The zero-order valence-electron chi connectivity index (χ0n) is 12.2. The molecular weight excluding hydrogens is 274 g/mol. The van der Waals surface area contributed by atoms with Crippen LogP contribution in [0.1, 0.15) is 19.4 Å². The molecule has 0 atom stereocenters. The van der Waals surface area contributed by atoms with E-state index in [1.165, 1.54) is 0 Å². The van der Waals surface area contributed by atoms with Crippen molar-refractivity contribution in [3.05, 3.63) is 33.9 Å². The van der Waals surface area contributed by atoms with Crippen LogP contribution in [-0.4, -0.2) is 40.5 Å². The molecule has 1 saturated heterocycles. The Morgan fingerprint density at radius 1 is 1.50 bits per heavy atom. The van der Waals surface area contributed by atoms with Gasteiger partial charge in [0.15, 0.2) is 0 Å². The first kappa shape index (κ1) is 15.1. The molecule has 0 aromatic heterocycles. The first-order valence-electron chi connectivity index (χ1n) is 6.73. The van der Waals surface area contributed by atoms with E-state index < -0.39 is 0 Å². The average Bonchev–Trinajstić information content (AvgIpc) is 2.37. The molecule has 1 heterocycles. The fourth-order valence-electron chi connectivity index (χ4n) is 2.55. The largest absolute Gasteiger partial charge is 0.383 e. The van der Waals surface area contributed by atoms with Crippen LogP contribution < -0.4 is 5.32 Å². The first-order chi connectivity index (χ1) is 9.41. The second-order valence-corrected chi connectivity index (χ2v) is 7.48. The zero-order chi connectivity index (χ0) is 14.8. The molecule has 5 nitrogen and oxygen atoms in total. The Balaban J connectivity index is 2.13. The lowest BCUT2D eigenvalue weighted by molar-refractivity contribution is -0.384. The third-order valence-corrected chi connectivity index (χ3v) is 4.74. The summed E-state index contributed by atoms with van der Waals surface area (Å²) in [4.78, 5) is 13.1. The molecule has 0 amide bonds. The normalized spacial score (nSPS) is 18.8. The van der Waals surface area contributed by atoms with E-state index in [9.17, 15) is 10.1 Å². The Kier molecular flexibility index (Phi) is 4.55. The molecule has 6 heteroatoms. The topological polar surface area (TPSA) is 58.4 Å². The third-order valence-electron chi connectivity index (χ3n) is 3.44. The van der Waals surface area contributed by atoms with E-state index in [0.717, 1.165) is 31.0 Å². The molecule has 0 spiro atoms. The molecule has 0 bridgehead atoms. The number of nitro groups is 1. The standard InChI is InChI=1S/C14H21N3O2S/c1-14(2)10-16(6-7-20-14)9-11-4-5-12(15-3)13(8-11)17(18)19/h4-5,8,15H,6-7,9-10H2,1-3H3. The minimum atomic E-state index is -0.328. The van der Waals surface area contributed by atoms with E-state index >= 15 is 0 Å². The summed E-state index contributed by atoms with van der Waals surface area (Å²) in [5, 5.41) is 13.9. The lowest BCUT2D eigenvalue weighted by Crippen LogP contribution is -2.42. The van der Waals surface area contributed by atoms with E-state index in [-0.39, 0.29) is 15.4 Å². The monoisotopic (exact) mass is 295 g/mol.